The molecule has 0 unspecified atom stereocenters. The quantitative estimate of drug-likeness (QED) is 0.267. The van der Waals surface area contributed by atoms with Crippen molar-refractivity contribution in [1.29, 1.82) is 0 Å². The second kappa shape index (κ2) is 10.8. The van der Waals surface area contributed by atoms with Gasteiger partial charge in [-0.25, -0.2) is 9.78 Å². The van der Waals surface area contributed by atoms with Crippen molar-refractivity contribution in [3.63, 3.8) is 0 Å². The van der Waals surface area contributed by atoms with Crippen molar-refractivity contribution in [3.05, 3.63) is 81.3 Å². The van der Waals surface area contributed by atoms with Crippen LogP contribution in [0, 0.1) is 0 Å². The Hall–Kier alpha value is -3.38. The predicted octanol–water partition coefficient (Wildman–Crippen LogP) is 6.58. The Bertz CT molecular complexity index is 1460. The van der Waals surface area contributed by atoms with Crippen molar-refractivity contribution in [2.45, 2.75) is 31.5 Å². The number of nitrogens with zero attached hydrogens (tertiary/aromatic N) is 5. The average molecular weight is 609 g/mol. The van der Waals surface area contributed by atoms with E-state index in [1.165, 1.54) is 17.0 Å². The fraction of sp³-hybridized carbons (Fsp3) is 0.280. The average Bonchev–Trinajstić information content (AvgIpc) is 3.29. The lowest BCUT2D eigenvalue weighted by Crippen LogP contribution is -2.41. The number of benzene rings is 1. The maximum atomic E-state index is 13.4. The van der Waals surface area contributed by atoms with Gasteiger partial charge < -0.3 is 15.5 Å². The Balaban J connectivity index is 1.29. The summed E-state index contributed by atoms with van der Waals surface area (Å²) in [6, 6.07) is 8.49. The van der Waals surface area contributed by atoms with E-state index in [0.717, 1.165) is 27.6 Å². The first-order valence-electron chi connectivity index (χ1n) is 11.8. The van der Waals surface area contributed by atoms with Gasteiger partial charge in [-0.2, -0.15) is 22.8 Å². The van der Waals surface area contributed by atoms with E-state index in [9.17, 15) is 18.0 Å². The Morgan fingerprint density at radius 1 is 1.16 bits per heavy atom. The molecule has 1 aliphatic rings. The van der Waals surface area contributed by atoms with Crippen molar-refractivity contribution in [3.8, 4) is 0 Å². The van der Waals surface area contributed by atoms with Crippen molar-refractivity contribution >= 4 is 50.7 Å². The Morgan fingerprint density at radius 2 is 1.95 bits per heavy atom. The monoisotopic (exact) mass is 607 g/mol. The van der Waals surface area contributed by atoms with Crippen molar-refractivity contribution in [2.75, 3.05) is 23.7 Å². The molecule has 38 heavy (non-hydrogen) atoms. The number of likely N-dealkylation sites (tertiary alicyclic amines) is 1. The second-order valence-electron chi connectivity index (χ2n) is 8.89. The third-order valence-electron chi connectivity index (χ3n) is 6.37. The highest BCUT2D eigenvalue weighted by Crippen LogP contribution is 2.37. The fourth-order valence-electron chi connectivity index (χ4n) is 4.42. The van der Waals surface area contributed by atoms with Crippen LogP contribution >= 0.6 is 27.5 Å². The van der Waals surface area contributed by atoms with Crippen LogP contribution in [-0.2, 0) is 12.7 Å². The van der Waals surface area contributed by atoms with Crippen LogP contribution in [0.2, 0.25) is 5.02 Å². The van der Waals surface area contributed by atoms with E-state index in [0.29, 0.717) is 38.1 Å². The molecule has 1 fully saturated rings. The summed E-state index contributed by atoms with van der Waals surface area (Å²) in [4.78, 5) is 23.3. The van der Waals surface area contributed by atoms with Gasteiger partial charge in [-0.15, -0.1) is 0 Å². The number of aromatic nitrogens is 4. The van der Waals surface area contributed by atoms with E-state index in [2.05, 4.69) is 36.6 Å². The minimum atomic E-state index is -4.64. The van der Waals surface area contributed by atoms with Gasteiger partial charge in [0.1, 0.15) is 5.82 Å². The molecular weight excluding hydrogens is 587 g/mol. The number of anilines is 2. The van der Waals surface area contributed by atoms with Gasteiger partial charge >= 0.3 is 12.2 Å². The molecule has 2 N–H and O–H groups in total. The molecule has 0 radical (unpaired) electrons. The molecule has 5 rings (SSSR count). The lowest BCUT2D eigenvalue weighted by Gasteiger charge is -2.32. The van der Waals surface area contributed by atoms with Gasteiger partial charge in [0.15, 0.2) is 5.65 Å². The number of amides is 2. The molecule has 0 saturated carbocycles. The standard InChI is InChI=1S/C25H22BrClF3N7O/c26-19-14-33-37-22(32-13-15-2-1-7-31-12-15)11-21(34-23(19)37)16-5-8-36(9-6-16)24(38)35-20-4-3-17(27)10-18(20)25(28,29)30/h1-4,7,10-12,14,16,32H,5-6,8-9,13H2,(H,35,38). The van der Waals surface area contributed by atoms with Crippen molar-refractivity contribution < 1.29 is 18.0 Å². The molecular formula is C25H22BrClF3N7O. The normalized spacial score (nSPS) is 14.6. The summed E-state index contributed by atoms with van der Waals surface area (Å²) < 4.78 is 42.7. The molecule has 2 amide bonds. The summed E-state index contributed by atoms with van der Waals surface area (Å²) in [6.07, 6.45) is 1.76. The first-order chi connectivity index (χ1) is 18.2. The van der Waals surface area contributed by atoms with Gasteiger partial charge in [-0.1, -0.05) is 17.7 Å². The fourth-order valence-corrected chi connectivity index (χ4v) is 4.94. The zero-order valence-electron chi connectivity index (χ0n) is 19.8. The number of rotatable bonds is 5. The van der Waals surface area contributed by atoms with Crippen molar-refractivity contribution in [2.24, 2.45) is 0 Å². The minimum Gasteiger partial charge on any atom is -0.366 e. The molecule has 8 nitrogen and oxygen atoms in total. The number of carbonyl (C=O) groups is 1. The lowest BCUT2D eigenvalue weighted by molar-refractivity contribution is -0.136. The number of alkyl halides is 3. The molecule has 0 bridgehead atoms. The first kappa shape index (κ1) is 26.2. The third-order valence-corrected chi connectivity index (χ3v) is 7.17. The van der Waals surface area contributed by atoms with E-state index in [1.54, 1.807) is 23.1 Å². The zero-order chi connectivity index (χ0) is 26.9. The van der Waals surface area contributed by atoms with Crippen LogP contribution in [0.1, 0.15) is 35.6 Å². The number of halogens is 5. The summed E-state index contributed by atoms with van der Waals surface area (Å²) in [5.41, 5.74) is 1.22. The largest absolute Gasteiger partial charge is 0.418 e. The molecule has 0 aliphatic carbocycles. The van der Waals surface area contributed by atoms with Gasteiger partial charge in [-0.3, -0.25) is 4.98 Å². The number of hydrogen-bond acceptors (Lipinski definition) is 5. The van der Waals surface area contributed by atoms with Crippen LogP contribution in [0.3, 0.4) is 0 Å². The predicted molar refractivity (Wildman–Crippen MR) is 141 cm³/mol. The highest BCUT2D eigenvalue weighted by atomic mass is 79.9. The van der Waals surface area contributed by atoms with E-state index >= 15 is 0 Å². The van der Waals surface area contributed by atoms with E-state index in [1.807, 2.05) is 18.2 Å². The number of piperidine rings is 1. The third kappa shape index (κ3) is 5.70. The lowest BCUT2D eigenvalue weighted by atomic mass is 9.93. The topological polar surface area (TPSA) is 87.5 Å². The number of carbonyl (C=O) groups excluding carboxylic acids is 1. The molecule has 4 aromatic rings. The van der Waals surface area contributed by atoms with Crippen LogP contribution in [0.4, 0.5) is 29.5 Å². The molecule has 13 heteroatoms. The SMILES string of the molecule is O=C(Nc1ccc(Cl)cc1C(F)(F)F)N1CCC(c2cc(NCc3cccnc3)n3ncc(Br)c3n2)CC1. The summed E-state index contributed by atoms with van der Waals surface area (Å²) in [5, 5.41) is 10.1. The number of nitrogens with one attached hydrogen (secondary N) is 2. The summed E-state index contributed by atoms with van der Waals surface area (Å²) in [7, 11) is 0. The molecule has 4 heterocycles. The van der Waals surface area contributed by atoms with Gasteiger partial charge in [0.25, 0.3) is 0 Å². The maximum Gasteiger partial charge on any atom is 0.418 e. The molecule has 198 valence electrons. The Kier molecular flexibility index (Phi) is 7.44. The molecule has 1 saturated heterocycles. The number of fused-ring (bicyclic) bond motifs is 1. The van der Waals surface area contributed by atoms with Gasteiger partial charge in [-0.05, 0) is 58.6 Å². The molecule has 3 aromatic heterocycles. The summed E-state index contributed by atoms with van der Waals surface area (Å²) >= 11 is 9.24. The molecule has 1 aliphatic heterocycles. The summed E-state index contributed by atoms with van der Waals surface area (Å²) in [5.74, 6) is 0.827. The van der Waals surface area contributed by atoms with E-state index in [4.69, 9.17) is 16.6 Å². The van der Waals surface area contributed by atoms with Crippen molar-refractivity contribution in [1.82, 2.24) is 24.5 Å². The zero-order valence-corrected chi connectivity index (χ0v) is 22.2. The molecule has 0 spiro atoms. The second-order valence-corrected chi connectivity index (χ2v) is 10.2. The number of urea groups is 1. The smallest absolute Gasteiger partial charge is 0.366 e. The molecule has 0 atom stereocenters. The number of hydrogen-bond donors (Lipinski definition) is 2. The van der Waals surface area contributed by atoms with Gasteiger partial charge in [0.05, 0.1) is 21.9 Å². The van der Waals surface area contributed by atoms with Gasteiger partial charge in [0.2, 0.25) is 0 Å². The first-order valence-corrected chi connectivity index (χ1v) is 13.0. The highest BCUT2D eigenvalue weighted by Gasteiger charge is 2.35. The van der Waals surface area contributed by atoms with Crippen LogP contribution in [0.15, 0.2) is 59.5 Å². The van der Waals surface area contributed by atoms with Crippen LogP contribution in [0.5, 0.6) is 0 Å². The summed E-state index contributed by atoms with van der Waals surface area (Å²) in [6.45, 7) is 1.29. The van der Waals surface area contributed by atoms with E-state index in [-0.39, 0.29) is 16.6 Å². The maximum absolute atomic E-state index is 13.4. The highest BCUT2D eigenvalue weighted by molar-refractivity contribution is 9.10. The Morgan fingerprint density at radius 3 is 2.66 bits per heavy atom. The number of pyridine rings is 1. The van der Waals surface area contributed by atoms with Gasteiger partial charge in [0, 0.05) is 54.7 Å². The van der Waals surface area contributed by atoms with Crippen LogP contribution in [-0.4, -0.2) is 43.6 Å². The minimum absolute atomic E-state index is 0.0558. The van der Waals surface area contributed by atoms with Crippen LogP contribution < -0.4 is 10.6 Å². The Labute approximate surface area is 229 Å². The van der Waals surface area contributed by atoms with Crippen LogP contribution in [0.25, 0.3) is 5.65 Å². The molecule has 1 aromatic carbocycles. The van der Waals surface area contributed by atoms with E-state index < -0.39 is 17.8 Å².